The predicted octanol–water partition coefficient (Wildman–Crippen LogP) is 0.670. The summed E-state index contributed by atoms with van der Waals surface area (Å²) in [6.07, 6.45) is 0.804. The van der Waals surface area contributed by atoms with Crippen molar-refractivity contribution in [3.8, 4) is 0 Å². The maximum atomic E-state index is 11.5. The second-order valence-corrected chi connectivity index (χ2v) is 3.88. The van der Waals surface area contributed by atoms with E-state index in [1.165, 1.54) is 0 Å². The van der Waals surface area contributed by atoms with Crippen molar-refractivity contribution in [1.82, 2.24) is 4.90 Å². The third kappa shape index (κ3) is 2.52. The molecule has 1 aromatic carbocycles. The van der Waals surface area contributed by atoms with Crippen molar-refractivity contribution in [3.63, 3.8) is 0 Å². The van der Waals surface area contributed by atoms with Gasteiger partial charge in [-0.05, 0) is 18.1 Å². The number of para-hydroxylation sites is 1. The Bertz CT molecular complexity index is 379. The summed E-state index contributed by atoms with van der Waals surface area (Å²) in [5.41, 5.74) is 7.74. The Balaban J connectivity index is 1.92. The van der Waals surface area contributed by atoms with Crippen LogP contribution in [0.15, 0.2) is 24.3 Å². The van der Waals surface area contributed by atoms with Gasteiger partial charge in [-0.2, -0.15) is 0 Å². The lowest BCUT2D eigenvalue weighted by Crippen LogP contribution is -2.42. The molecule has 0 saturated carbocycles. The number of nitrogen functional groups attached to an aromatic ring is 1. The zero-order valence-corrected chi connectivity index (χ0v) is 9.19. The van der Waals surface area contributed by atoms with E-state index in [-0.39, 0.29) is 12.5 Å². The van der Waals surface area contributed by atoms with Gasteiger partial charge in [0.15, 0.2) is 0 Å². The predicted molar refractivity (Wildman–Crippen MR) is 62.0 cm³/mol. The molecule has 2 rings (SSSR count). The second kappa shape index (κ2) is 4.99. The number of nitrogens with two attached hydrogens (primary N) is 1. The van der Waals surface area contributed by atoms with Crippen LogP contribution in [-0.4, -0.2) is 37.1 Å². The molecule has 1 heterocycles. The largest absolute Gasteiger partial charge is 0.399 e. The fraction of sp³-hybridized carbons (Fsp3) is 0.417. The van der Waals surface area contributed by atoms with Crippen molar-refractivity contribution in [2.24, 2.45) is 0 Å². The van der Waals surface area contributed by atoms with Crippen molar-refractivity contribution in [3.05, 3.63) is 29.8 Å². The summed E-state index contributed by atoms with van der Waals surface area (Å²) in [5, 5.41) is 0. The van der Waals surface area contributed by atoms with Gasteiger partial charge >= 0.3 is 0 Å². The minimum absolute atomic E-state index is 0.0701. The molecule has 2 N–H and O–H groups in total. The molecule has 1 aliphatic rings. The lowest BCUT2D eigenvalue weighted by atomic mass is 10.1. The normalized spacial score (nSPS) is 16.5. The topological polar surface area (TPSA) is 55.6 Å². The molecule has 1 aromatic rings. The Hall–Kier alpha value is -1.55. The molecule has 0 radical (unpaired) electrons. The fourth-order valence-corrected chi connectivity index (χ4v) is 1.80. The highest BCUT2D eigenvalue weighted by atomic mass is 16.5. The molecular weight excluding hydrogens is 204 g/mol. The summed E-state index contributed by atoms with van der Waals surface area (Å²) in [5.74, 6) is 0.0701. The molecule has 0 aromatic heterocycles. The maximum absolute atomic E-state index is 11.5. The van der Waals surface area contributed by atoms with Crippen LogP contribution in [0.3, 0.4) is 0 Å². The van der Waals surface area contributed by atoms with Gasteiger partial charge in [0, 0.05) is 18.8 Å². The number of nitrogens with zero attached hydrogens (tertiary/aromatic N) is 1. The van der Waals surface area contributed by atoms with E-state index in [9.17, 15) is 4.79 Å². The van der Waals surface area contributed by atoms with Crippen LogP contribution in [0.2, 0.25) is 0 Å². The van der Waals surface area contributed by atoms with Gasteiger partial charge in [-0.3, -0.25) is 4.79 Å². The number of carbonyl (C=O) groups is 1. The number of carbonyl (C=O) groups excluding carboxylic acids is 1. The third-order valence-electron chi connectivity index (χ3n) is 2.79. The first kappa shape index (κ1) is 11.0. The van der Waals surface area contributed by atoms with E-state index in [0.717, 1.165) is 24.2 Å². The van der Waals surface area contributed by atoms with Crippen LogP contribution < -0.4 is 5.73 Å². The number of morpholine rings is 1. The number of anilines is 1. The summed E-state index contributed by atoms with van der Waals surface area (Å²) in [6, 6.07) is 7.77. The zero-order chi connectivity index (χ0) is 11.4. The Kier molecular flexibility index (Phi) is 3.41. The lowest BCUT2D eigenvalue weighted by Gasteiger charge is -2.26. The van der Waals surface area contributed by atoms with E-state index in [0.29, 0.717) is 13.2 Å². The van der Waals surface area contributed by atoms with E-state index in [1.54, 1.807) is 0 Å². The molecule has 0 aliphatic carbocycles. The summed E-state index contributed by atoms with van der Waals surface area (Å²) in [4.78, 5) is 13.3. The summed E-state index contributed by atoms with van der Waals surface area (Å²) in [7, 11) is 0. The molecule has 0 spiro atoms. The molecule has 16 heavy (non-hydrogen) atoms. The average molecular weight is 220 g/mol. The highest BCUT2D eigenvalue weighted by Gasteiger charge is 2.17. The minimum atomic E-state index is 0.0701. The first-order valence-electron chi connectivity index (χ1n) is 5.46. The van der Waals surface area contributed by atoms with E-state index in [2.05, 4.69) is 0 Å². The van der Waals surface area contributed by atoms with Gasteiger partial charge in [0.25, 0.3) is 0 Å². The van der Waals surface area contributed by atoms with Gasteiger partial charge in [-0.25, -0.2) is 0 Å². The van der Waals surface area contributed by atoms with Crippen molar-refractivity contribution in [2.75, 3.05) is 32.0 Å². The lowest BCUT2D eigenvalue weighted by molar-refractivity contribution is -0.142. The minimum Gasteiger partial charge on any atom is -0.399 e. The van der Waals surface area contributed by atoms with Crippen molar-refractivity contribution < 1.29 is 9.53 Å². The second-order valence-electron chi connectivity index (χ2n) is 3.88. The molecule has 0 atom stereocenters. The number of benzene rings is 1. The van der Waals surface area contributed by atoms with Crippen molar-refractivity contribution in [1.29, 1.82) is 0 Å². The van der Waals surface area contributed by atoms with E-state index in [4.69, 9.17) is 10.5 Å². The molecule has 4 nitrogen and oxygen atoms in total. The highest BCUT2D eigenvalue weighted by molar-refractivity contribution is 5.78. The van der Waals surface area contributed by atoms with Crippen LogP contribution in [-0.2, 0) is 16.0 Å². The van der Waals surface area contributed by atoms with Crippen LogP contribution in [0, 0.1) is 0 Å². The van der Waals surface area contributed by atoms with Gasteiger partial charge in [-0.15, -0.1) is 0 Å². The number of amides is 1. The van der Waals surface area contributed by atoms with Gasteiger partial charge in [-0.1, -0.05) is 18.2 Å². The third-order valence-corrected chi connectivity index (χ3v) is 2.79. The maximum Gasteiger partial charge on any atom is 0.248 e. The Morgan fingerprint density at radius 2 is 2.19 bits per heavy atom. The van der Waals surface area contributed by atoms with Crippen LogP contribution in [0.5, 0.6) is 0 Å². The van der Waals surface area contributed by atoms with Crippen LogP contribution >= 0.6 is 0 Å². The van der Waals surface area contributed by atoms with Gasteiger partial charge in [0.05, 0.1) is 6.61 Å². The smallest absolute Gasteiger partial charge is 0.248 e. The van der Waals surface area contributed by atoms with Gasteiger partial charge in [0.2, 0.25) is 5.91 Å². The first-order chi connectivity index (χ1) is 7.77. The quantitative estimate of drug-likeness (QED) is 0.762. The van der Waals surface area contributed by atoms with E-state index >= 15 is 0 Å². The SMILES string of the molecule is Nc1ccccc1CCN1CCOCC1=O. The summed E-state index contributed by atoms with van der Waals surface area (Å²) in [6.45, 7) is 2.25. The van der Waals surface area contributed by atoms with Crippen LogP contribution in [0.25, 0.3) is 0 Å². The molecule has 1 fully saturated rings. The molecule has 86 valence electrons. The Morgan fingerprint density at radius 3 is 2.94 bits per heavy atom. The van der Waals surface area contributed by atoms with Gasteiger partial charge < -0.3 is 15.4 Å². The molecular formula is C12H16N2O2. The highest BCUT2D eigenvalue weighted by Crippen LogP contribution is 2.12. The molecule has 0 unspecified atom stereocenters. The monoisotopic (exact) mass is 220 g/mol. The first-order valence-corrected chi connectivity index (χ1v) is 5.46. The average Bonchev–Trinajstić information content (AvgIpc) is 2.30. The van der Waals surface area contributed by atoms with Crippen molar-refractivity contribution in [2.45, 2.75) is 6.42 Å². The number of rotatable bonds is 3. The van der Waals surface area contributed by atoms with E-state index < -0.39 is 0 Å². The molecule has 0 bridgehead atoms. The number of hydrogen-bond donors (Lipinski definition) is 1. The zero-order valence-electron chi connectivity index (χ0n) is 9.19. The molecule has 4 heteroatoms. The molecule has 1 aliphatic heterocycles. The van der Waals surface area contributed by atoms with Gasteiger partial charge in [0.1, 0.15) is 6.61 Å². The van der Waals surface area contributed by atoms with Crippen LogP contribution in [0.4, 0.5) is 5.69 Å². The molecule has 1 saturated heterocycles. The molecule has 1 amide bonds. The Labute approximate surface area is 95.0 Å². The van der Waals surface area contributed by atoms with Crippen molar-refractivity contribution >= 4 is 11.6 Å². The van der Waals surface area contributed by atoms with Crippen LogP contribution in [0.1, 0.15) is 5.56 Å². The standard InChI is InChI=1S/C12H16N2O2/c13-11-4-2-1-3-10(11)5-6-14-7-8-16-9-12(14)15/h1-4H,5-9,13H2. The Morgan fingerprint density at radius 1 is 1.38 bits per heavy atom. The fourth-order valence-electron chi connectivity index (χ4n) is 1.80. The van der Waals surface area contributed by atoms with E-state index in [1.807, 2.05) is 29.2 Å². The summed E-state index contributed by atoms with van der Waals surface area (Å²) >= 11 is 0. The number of ether oxygens (including phenoxy) is 1. The number of hydrogen-bond acceptors (Lipinski definition) is 3. The summed E-state index contributed by atoms with van der Waals surface area (Å²) < 4.78 is 5.07.